The molecule has 1 aromatic rings. The molecule has 1 aliphatic rings. The number of piperidine rings is 1. The van der Waals surface area contributed by atoms with E-state index in [0.29, 0.717) is 24.8 Å². The molecule has 0 saturated carbocycles. The Morgan fingerprint density at radius 2 is 2.29 bits per heavy atom. The largest absolute Gasteiger partial charge is 0.345 e. The fraction of sp³-hybridized carbons (Fsp3) is 0.400. The average molecular weight is 349 g/mol. The summed E-state index contributed by atoms with van der Waals surface area (Å²) in [5, 5.41) is 12.1. The van der Waals surface area contributed by atoms with E-state index in [1.54, 1.807) is 23.2 Å². The maximum absolute atomic E-state index is 12.3. The van der Waals surface area contributed by atoms with Crippen LogP contribution in [0.15, 0.2) is 34.6 Å². The molecule has 1 N–H and O–H groups in total. The number of nitrogens with zero attached hydrogens (tertiary/aromatic N) is 3. The SMILES string of the molecule is CC1CCN(C(=O)/C(C#N)=C\Nc2cc(Br)ccn2)CC1. The number of nitrogens with one attached hydrogen (secondary N) is 1. The van der Waals surface area contributed by atoms with Crippen LogP contribution in [0.4, 0.5) is 5.82 Å². The summed E-state index contributed by atoms with van der Waals surface area (Å²) in [5.74, 6) is 1.01. The molecule has 2 rings (SSSR count). The fourth-order valence-electron chi connectivity index (χ4n) is 2.15. The van der Waals surface area contributed by atoms with Crippen LogP contribution >= 0.6 is 15.9 Å². The summed E-state index contributed by atoms with van der Waals surface area (Å²) in [5.41, 5.74) is 0.103. The van der Waals surface area contributed by atoms with Crippen LogP contribution in [0.25, 0.3) is 0 Å². The van der Waals surface area contributed by atoms with Gasteiger partial charge in [0.2, 0.25) is 0 Å². The van der Waals surface area contributed by atoms with Crippen molar-refractivity contribution in [2.75, 3.05) is 18.4 Å². The lowest BCUT2D eigenvalue weighted by atomic mass is 9.99. The summed E-state index contributed by atoms with van der Waals surface area (Å²) in [6, 6.07) is 5.55. The monoisotopic (exact) mass is 348 g/mol. The Hall–Kier alpha value is -1.87. The zero-order valence-corrected chi connectivity index (χ0v) is 13.4. The van der Waals surface area contributed by atoms with Gasteiger partial charge in [0.05, 0.1) is 0 Å². The van der Waals surface area contributed by atoms with Gasteiger partial charge in [0.25, 0.3) is 5.91 Å². The van der Waals surface area contributed by atoms with E-state index in [1.165, 1.54) is 6.20 Å². The predicted octanol–water partition coefficient (Wildman–Crippen LogP) is 2.92. The molecule has 0 spiro atoms. The van der Waals surface area contributed by atoms with Crippen molar-refractivity contribution < 1.29 is 4.79 Å². The predicted molar refractivity (Wildman–Crippen MR) is 84.2 cm³/mol. The lowest BCUT2D eigenvalue weighted by Gasteiger charge is -2.30. The first-order chi connectivity index (χ1) is 10.1. The van der Waals surface area contributed by atoms with E-state index in [0.717, 1.165) is 17.3 Å². The second-order valence-corrected chi connectivity index (χ2v) is 6.06. The highest BCUT2D eigenvalue weighted by Crippen LogP contribution is 2.18. The minimum Gasteiger partial charge on any atom is -0.345 e. The van der Waals surface area contributed by atoms with Crippen LogP contribution in [0, 0.1) is 17.2 Å². The molecular formula is C15H17BrN4O. The van der Waals surface area contributed by atoms with Crippen molar-refractivity contribution in [3.63, 3.8) is 0 Å². The highest BCUT2D eigenvalue weighted by molar-refractivity contribution is 9.10. The summed E-state index contributed by atoms with van der Waals surface area (Å²) >= 11 is 3.34. The third-order valence-electron chi connectivity index (χ3n) is 3.51. The number of hydrogen-bond donors (Lipinski definition) is 1. The van der Waals surface area contributed by atoms with Crippen LogP contribution in [0.2, 0.25) is 0 Å². The molecule has 110 valence electrons. The van der Waals surface area contributed by atoms with Crippen molar-refractivity contribution in [2.45, 2.75) is 19.8 Å². The Morgan fingerprint density at radius 1 is 1.57 bits per heavy atom. The molecule has 0 aromatic carbocycles. The number of amides is 1. The third kappa shape index (κ3) is 4.30. The van der Waals surface area contributed by atoms with E-state index in [4.69, 9.17) is 0 Å². The third-order valence-corrected chi connectivity index (χ3v) is 4.00. The van der Waals surface area contributed by atoms with Crippen molar-refractivity contribution in [1.82, 2.24) is 9.88 Å². The highest BCUT2D eigenvalue weighted by Gasteiger charge is 2.22. The van der Waals surface area contributed by atoms with Crippen LogP contribution in [-0.2, 0) is 4.79 Å². The van der Waals surface area contributed by atoms with Gasteiger partial charge in [-0.2, -0.15) is 5.26 Å². The standard InChI is InChI=1S/C15H17BrN4O/c1-11-3-6-20(7-4-11)15(21)12(9-17)10-19-14-8-13(16)2-5-18-14/h2,5,8,10-11H,3-4,6-7H2,1H3,(H,18,19)/b12-10-. The van der Waals surface area contributed by atoms with Crippen molar-refractivity contribution in [2.24, 2.45) is 5.92 Å². The average Bonchev–Trinajstić information content (AvgIpc) is 2.48. The zero-order chi connectivity index (χ0) is 15.2. The van der Waals surface area contributed by atoms with Crippen LogP contribution in [-0.4, -0.2) is 28.9 Å². The molecule has 1 saturated heterocycles. The number of pyridine rings is 1. The maximum atomic E-state index is 12.3. The molecule has 0 bridgehead atoms. The lowest BCUT2D eigenvalue weighted by molar-refractivity contribution is -0.128. The van der Waals surface area contributed by atoms with E-state index in [1.807, 2.05) is 6.07 Å². The highest BCUT2D eigenvalue weighted by atomic mass is 79.9. The van der Waals surface area contributed by atoms with Gasteiger partial charge in [-0.1, -0.05) is 22.9 Å². The molecule has 0 atom stereocenters. The first-order valence-corrected chi connectivity index (χ1v) is 7.67. The first-order valence-electron chi connectivity index (χ1n) is 6.88. The zero-order valence-electron chi connectivity index (χ0n) is 11.8. The smallest absolute Gasteiger partial charge is 0.266 e. The Labute approximate surface area is 132 Å². The summed E-state index contributed by atoms with van der Waals surface area (Å²) < 4.78 is 0.878. The molecule has 0 radical (unpaired) electrons. The minimum atomic E-state index is -0.216. The summed E-state index contributed by atoms with van der Waals surface area (Å²) in [4.78, 5) is 18.1. The number of rotatable bonds is 3. The van der Waals surface area contributed by atoms with E-state index < -0.39 is 0 Å². The van der Waals surface area contributed by atoms with Gasteiger partial charge in [0.15, 0.2) is 0 Å². The van der Waals surface area contributed by atoms with Crippen molar-refractivity contribution in [3.05, 3.63) is 34.6 Å². The lowest BCUT2D eigenvalue weighted by Crippen LogP contribution is -2.38. The van der Waals surface area contributed by atoms with Gasteiger partial charge in [-0.3, -0.25) is 4.79 Å². The normalized spacial score (nSPS) is 16.4. The topological polar surface area (TPSA) is 69.0 Å². The first kappa shape index (κ1) is 15.5. The summed E-state index contributed by atoms with van der Waals surface area (Å²) in [7, 11) is 0. The molecular weight excluding hydrogens is 332 g/mol. The molecule has 0 aliphatic carbocycles. The molecule has 2 heterocycles. The summed E-state index contributed by atoms with van der Waals surface area (Å²) in [6.45, 7) is 3.62. The van der Waals surface area contributed by atoms with Gasteiger partial charge >= 0.3 is 0 Å². The van der Waals surface area contributed by atoms with Gasteiger partial charge in [0.1, 0.15) is 17.5 Å². The van der Waals surface area contributed by atoms with Gasteiger partial charge in [0, 0.05) is 30.0 Å². The quantitative estimate of drug-likeness (QED) is 0.673. The van der Waals surface area contributed by atoms with Gasteiger partial charge in [-0.05, 0) is 30.9 Å². The number of hydrogen-bond acceptors (Lipinski definition) is 4. The molecule has 1 aromatic heterocycles. The molecule has 1 amide bonds. The van der Waals surface area contributed by atoms with Crippen LogP contribution in [0.5, 0.6) is 0 Å². The van der Waals surface area contributed by atoms with E-state index in [2.05, 4.69) is 33.2 Å². The second kappa shape index (κ2) is 7.23. The van der Waals surface area contributed by atoms with Crippen molar-refractivity contribution in [3.8, 4) is 6.07 Å². The Morgan fingerprint density at radius 3 is 2.90 bits per heavy atom. The van der Waals surface area contributed by atoms with Crippen LogP contribution < -0.4 is 5.32 Å². The Balaban J connectivity index is 2.03. The van der Waals surface area contributed by atoms with E-state index in [-0.39, 0.29) is 11.5 Å². The minimum absolute atomic E-state index is 0.103. The van der Waals surface area contributed by atoms with Gasteiger partial charge < -0.3 is 10.2 Å². The van der Waals surface area contributed by atoms with Gasteiger partial charge in [-0.25, -0.2) is 4.98 Å². The molecule has 21 heavy (non-hydrogen) atoms. The Kier molecular flexibility index (Phi) is 5.34. The molecule has 5 nitrogen and oxygen atoms in total. The van der Waals surface area contributed by atoms with Gasteiger partial charge in [-0.15, -0.1) is 0 Å². The number of anilines is 1. The molecule has 1 fully saturated rings. The van der Waals surface area contributed by atoms with Crippen molar-refractivity contribution >= 4 is 27.7 Å². The summed E-state index contributed by atoms with van der Waals surface area (Å²) in [6.07, 6.45) is 5.05. The number of aromatic nitrogens is 1. The molecule has 1 aliphatic heterocycles. The second-order valence-electron chi connectivity index (χ2n) is 5.15. The maximum Gasteiger partial charge on any atom is 0.266 e. The van der Waals surface area contributed by atoms with E-state index in [9.17, 15) is 10.1 Å². The van der Waals surface area contributed by atoms with Crippen LogP contribution in [0.1, 0.15) is 19.8 Å². The van der Waals surface area contributed by atoms with Crippen molar-refractivity contribution in [1.29, 1.82) is 5.26 Å². The van der Waals surface area contributed by atoms with E-state index >= 15 is 0 Å². The molecule has 6 heteroatoms. The Bertz CT molecular complexity index is 586. The number of likely N-dealkylation sites (tertiary alicyclic amines) is 1. The molecule has 0 unspecified atom stereocenters. The number of halogens is 1. The fourth-order valence-corrected chi connectivity index (χ4v) is 2.49. The number of nitriles is 1. The number of carbonyl (C=O) groups is 1. The number of carbonyl (C=O) groups excluding carboxylic acids is 1. The van der Waals surface area contributed by atoms with Crippen LogP contribution in [0.3, 0.4) is 0 Å².